The Morgan fingerprint density at radius 1 is 1.71 bits per heavy atom. The molecule has 0 aromatic heterocycles. The Morgan fingerprint density at radius 3 is 2.43 bits per heavy atom. The van der Waals surface area contributed by atoms with E-state index in [1.54, 1.807) is 13.1 Å². The monoisotopic (exact) mass is 98.1 g/mol. The summed E-state index contributed by atoms with van der Waals surface area (Å²) < 4.78 is 0. The summed E-state index contributed by atoms with van der Waals surface area (Å²) >= 11 is 0. The lowest BCUT2D eigenvalue weighted by Crippen LogP contribution is -2.06. The minimum Gasteiger partial charge on any atom is -0.384 e. The van der Waals surface area contributed by atoms with Gasteiger partial charge in [0.1, 0.15) is 5.84 Å². The molecule has 40 valence electrons. The Labute approximate surface area is 43.7 Å². The predicted octanol–water partition coefficient (Wildman–Crippen LogP) is 0.550. The summed E-state index contributed by atoms with van der Waals surface area (Å²) in [6, 6.07) is 0. The highest BCUT2D eigenvalue weighted by Gasteiger charge is 1.71. The maximum atomic E-state index is 5.25. The molecule has 0 saturated carbocycles. The van der Waals surface area contributed by atoms with Crippen molar-refractivity contribution in [3.63, 3.8) is 0 Å². The van der Waals surface area contributed by atoms with Gasteiger partial charge in [0.15, 0.2) is 0 Å². The van der Waals surface area contributed by atoms with Crippen molar-refractivity contribution in [3.05, 3.63) is 12.2 Å². The van der Waals surface area contributed by atoms with Gasteiger partial charge in [-0.1, -0.05) is 6.08 Å². The van der Waals surface area contributed by atoms with Crippen molar-refractivity contribution in [2.75, 3.05) is 7.05 Å². The third-order valence-corrected chi connectivity index (χ3v) is 0.596. The zero-order valence-corrected chi connectivity index (χ0v) is 4.68. The molecule has 0 radical (unpaired) electrons. The number of rotatable bonds is 1. The van der Waals surface area contributed by atoms with E-state index in [4.69, 9.17) is 5.73 Å². The van der Waals surface area contributed by atoms with Gasteiger partial charge in [-0.25, -0.2) is 0 Å². The molecule has 0 saturated heterocycles. The van der Waals surface area contributed by atoms with Crippen LogP contribution in [-0.2, 0) is 0 Å². The number of hydrogen-bond acceptors (Lipinski definition) is 1. The summed E-state index contributed by atoms with van der Waals surface area (Å²) in [7, 11) is 1.66. The maximum absolute atomic E-state index is 5.25. The van der Waals surface area contributed by atoms with Gasteiger partial charge in [-0.3, -0.25) is 4.99 Å². The Balaban J connectivity index is 3.58. The predicted molar refractivity (Wildman–Crippen MR) is 32.4 cm³/mol. The Kier molecular flexibility index (Phi) is 3.02. The van der Waals surface area contributed by atoms with E-state index in [1.807, 2.05) is 13.0 Å². The molecule has 0 aliphatic rings. The molecule has 2 heteroatoms. The van der Waals surface area contributed by atoms with Crippen LogP contribution in [-0.4, -0.2) is 12.9 Å². The maximum Gasteiger partial charge on any atom is 0.117 e. The molecule has 0 fully saturated rings. The summed E-state index contributed by atoms with van der Waals surface area (Å²) in [4.78, 5) is 3.69. The third-order valence-electron chi connectivity index (χ3n) is 0.596. The Hall–Kier alpha value is -0.790. The minimum atomic E-state index is 0.572. The van der Waals surface area contributed by atoms with Gasteiger partial charge in [-0.15, -0.1) is 0 Å². The van der Waals surface area contributed by atoms with Gasteiger partial charge in [0.2, 0.25) is 0 Å². The number of nitrogens with two attached hydrogens (primary N) is 1. The minimum absolute atomic E-state index is 0.572. The molecule has 0 aromatic carbocycles. The molecule has 0 aliphatic heterocycles. The van der Waals surface area contributed by atoms with Gasteiger partial charge in [0.25, 0.3) is 0 Å². The molecule has 0 unspecified atom stereocenters. The molecule has 2 nitrogen and oxygen atoms in total. The smallest absolute Gasteiger partial charge is 0.117 e. The largest absolute Gasteiger partial charge is 0.384 e. The van der Waals surface area contributed by atoms with E-state index >= 15 is 0 Å². The van der Waals surface area contributed by atoms with Crippen LogP contribution in [0, 0.1) is 0 Å². The van der Waals surface area contributed by atoms with Crippen LogP contribution in [0.2, 0.25) is 0 Å². The van der Waals surface area contributed by atoms with Crippen molar-refractivity contribution in [2.24, 2.45) is 10.7 Å². The lowest BCUT2D eigenvalue weighted by molar-refractivity contribution is 1.41. The van der Waals surface area contributed by atoms with E-state index in [0.29, 0.717) is 5.84 Å². The third kappa shape index (κ3) is 3.03. The topological polar surface area (TPSA) is 38.4 Å². The van der Waals surface area contributed by atoms with Crippen LogP contribution >= 0.6 is 0 Å². The highest BCUT2D eigenvalue weighted by Crippen LogP contribution is 1.68. The van der Waals surface area contributed by atoms with Crippen LogP contribution in [0.1, 0.15) is 6.92 Å². The average Bonchev–Trinajstić information content (AvgIpc) is 1.68. The van der Waals surface area contributed by atoms with E-state index in [9.17, 15) is 0 Å². The summed E-state index contributed by atoms with van der Waals surface area (Å²) in [6.07, 6.45) is 3.60. The lowest BCUT2D eigenvalue weighted by atomic mass is 10.5. The summed E-state index contributed by atoms with van der Waals surface area (Å²) in [6.45, 7) is 1.90. The fourth-order valence-electron chi connectivity index (χ4n) is 0.245. The van der Waals surface area contributed by atoms with E-state index in [2.05, 4.69) is 4.99 Å². The second kappa shape index (κ2) is 3.40. The number of hydrogen-bond donors (Lipinski definition) is 1. The van der Waals surface area contributed by atoms with Crippen molar-refractivity contribution in [1.82, 2.24) is 0 Å². The van der Waals surface area contributed by atoms with Crippen LogP contribution in [0.4, 0.5) is 0 Å². The fraction of sp³-hybridized carbons (Fsp3) is 0.400. The average molecular weight is 98.1 g/mol. The molecule has 0 aromatic rings. The summed E-state index contributed by atoms with van der Waals surface area (Å²) in [5.74, 6) is 0.572. The molecule has 0 atom stereocenters. The van der Waals surface area contributed by atoms with Crippen LogP contribution in [0.3, 0.4) is 0 Å². The van der Waals surface area contributed by atoms with E-state index in [1.165, 1.54) is 0 Å². The molecule has 7 heavy (non-hydrogen) atoms. The number of nitrogens with zero attached hydrogens (tertiary/aromatic N) is 1. The van der Waals surface area contributed by atoms with Gasteiger partial charge in [-0.2, -0.15) is 0 Å². The van der Waals surface area contributed by atoms with Crippen molar-refractivity contribution in [1.29, 1.82) is 0 Å². The van der Waals surface area contributed by atoms with E-state index < -0.39 is 0 Å². The second-order valence-corrected chi connectivity index (χ2v) is 1.15. The SMILES string of the molecule is C/C=C/C(N)=N\C. The van der Waals surface area contributed by atoms with Gasteiger partial charge in [0.05, 0.1) is 0 Å². The van der Waals surface area contributed by atoms with Crippen molar-refractivity contribution >= 4 is 5.84 Å². The highest BCUT2D eigenvalue weighted by molar-refractivity contribution is 5.91. The Bertz CT molecular complexity index is 92.3. The molecule has 0 aliphatic carbocycles. The molecule has 0 bridgehead atoms. The molecular formula is C5H10N2. The zero-order chi connectivity index (χ0) is 5.70. The van der Waals surface area contributed by atoms with Gasteiger partial charge >= 0.3 is 0 Å². The molecule has 0 heterocycles. The number of amidine groups is 1. The van der Waals surface area contributed by atoms with E-state index in [0.717, 1.165) is 0 Å². The zero-order valence-electron chi connectivity index (χ0n) is 4.68. The summed E-state index contributed by atoms with van der Waals surface area (Å²) in [5, 5.41) is 0. The second-order valence-electron chi connectivity index (χ2n) is 1.15. The molecule has 0 amide bonds. The number of allylic oxidation sites excluding steroid dienone is 1. The van der Waals surface area contributed by atoms with Crippen molar-refractivity contribution < 1.29 is 0 Å². The van der Waals surface area contributed by atoms with Crippen molar-refractivity contribution in [2.45, 2.75) is 6.92 Å². The van der Waals surface area contributed by atoms with Crippen LogP contribution in [0.15, 0.2) is 17.1 Å². The standard InChI is InChI=1S/C5H10N2/c1-3-4-5(6)7-2/h3-4H,1-2H3,(H2,6,7)/b4-3+. The first-order valence-corrected chi connectivity index (χ1v) is 2.16. The van der Waals surface area contributed by atoms with Crippen molar-refractivity contribution in [3.8, 4) is 0 Å². The fourth-order valence-corrected chi connectivity index (χ4v) is 0.245. The molecule has 0 spiro atoms. The lowest BCUT2D eigenvalue weighted by Gasteiger charge is -1.81. The van der Waals surface area contributed by atoms with Crippen LogP contribution in [0.5, 0.6) is 0 Å². The van der Waals surface area contributed by atoms with E-state index in [-0.39, 0.29) is 0 Å². The highest BCUT2D eigenvalue weighted by atomic mass is 14.8. The van der Waals surface area contributed by atoms with Gasteiger partial charge in [0, 0.05) is 7.05 Å². The van der Waals surface area contributed by atoms with Gasteiger partial charge < -0.3 is 5.73 Å². The first-order valence-electron chi connectivity index (χ1n) is 2.16. The first kappa shape index (κ1) is 6.21. The molecule has 0 rings (SSSR count). The van der Waals surface area contributed by atoms with Gasteiger partial charge in [-0.05, 0) is 13.0 Å². The molecular weight excluding hydrogens is 88.1 g/mol. The first-order chi connectivity index (χ1) is 3.31. The number of aliphatic imine (C=N–C) groups is 1. The quantitative estimate of drug-likeness (QED) is 0.377. The normalized spacial score (nSPS) is 13.1. The van der Waals surface area contributed by atoms with Crippen LogP contribution in [0.25, 0.3) is 0 Å². The Morgan fingerprint density at radius 2 is 2.29 bits per heavy atom. The van der Waals surface area contributed by atoms with Crippen LogP contribution < -0.4 is 5.73 Å². The summed E-state index contributed by atoms with van der Waals surface area (Å²) in [5.41, 5.74) is 5.25. The molecule has 2 N–H and O–H groups in total.